The highest BCUT2D eigenvalue weighted by Crippen LogP contribution is 2.25. The first-order chi connectivity index (χ1) is 6.68. The monoisotopic (exact) mass is 191 g/mol. The van der Waals surface area contributed by atoms with E-state index in [0.29, 0.717) is 12.5 Å². The zero-order chi connectivity index (χ0) is 10.1. The minimum Gasteiger partial charge on any atom is -0.508 e. The topological polar surface area (TPSA) is 61.8 Å². The highest BCUT2D eigenvalue weighted by Gasteiger charge is 2.23. The van der Waals surface area contributed by atoms with Crippen molar-refractivity contribution in [1.82, 2.24) is 4.90 Å². The smallest absolute Gasteiger partial charge is 0.191 e. The Balaban J connectivity index is 2.26. The third kappa shape index (κ3) is 1.39. The van der Waals surface area contributed by atoms with Crippen LogP contribution in [0.1, 0.15) is 11.6 Å². The number of benzene rings is 1. The van der Waals surface area contributed by atoms with Crippen LogP contribution in [0.4, 0.5) is 0 Å². The summed E-state index contributed by atoms with van der Waals surface area (Å²) in [7, 11) is 1.90. The molecule has 2 rings (SSSR count). The van der Waals surface area contributed by atoms with Gasteiger partial charge in [0, 0.05) is 7.05 Å². The average Bonchev–Trinajstić information content (AvgIpc) is 2.48. The Labute approximate surface area is 82.7 Å². The van der Waals surface area contributed by atoms with Gasteiger partial charge in [-0.1, -0.05) is 12.1 Å². The van der Waals surface area contributed by atoms with Gasteiger partial charge in [-0.05, 0) is 17.7 Å². The van der Waals surface area contributed by atoms with Gasteiger partial charge < -0.3 is 15.7 Å². The van der Waals surface area contributed by atoms with Crippen molar-refractivity contribution in [3.8, 4) is 5.75 Å². The Bertz CT molecular complexity index is 375. The summed E-state index contributed by atoms with van der Waals surface area (Å²) in [5.41, 5.74) is 6.70. The number of hydrogen-bond donors (Lipinski definition) is 2. The summed E-state index contributed by atoms with van der Waals surface area (Å²) in [6.45, 7) is 0.659. The van der Waals surface area contributed by atoms with Crippen molar-refractivity contribution in [2.24, 2.45) is 10.7 Å². The van der Waals surface area contributed by atoms with Gasteiger partial charge in [0.1, 0.15) is 5.75 Å². The molecule has 74 valence electrons. The van der Waals surface area contributed by atoms with Crippen molar-refractivity contribution in [3.63, 3.8) is 0 Å². The van der Waals surface area contributed by atoms with E-state index in [2.05, 4.69) is 4.99 Å². The highest BCUT2D eigenvalue weighted by molar-refractivity contribution is 5.80. The first kappa shape index (κ1) is 8.87. The molecule has 3 N–H and O–H groups in total. The Kier molecular flexibility index (Phi) is 2.04. The molecule has 4 heteroatoms. The van der Waals surface area contributed by atoms with Crippen molar-refractivity contribution >= 4 is 5.96 Å². The molecule has 1 aromatic carbocycles. The zero-order valence-electron chi connectivity index (χ0n) is 8.01. The fraction of sp³-hybridized carbons (Fsp3) is 0.300. The van der Waals surface area contributed by atoms with E-state index in [9.17, 15) is 5.11 Å². The summed E-state index contributed by atoms with van der Waals surface area (Å²) < 4.78 is 0. The number of likely N-dealkylation sites (N-methyl/N-ethyl adjacent to an activating group) is 1. The maximum absolute atomic E-state index is 9.34. The van der Waals surface area contributed by atoms with E-state index in [4.69, 9.17) is 5.73 Å². The lowest BCUT2D eigenvalue weighted by atomic mass is 10.1. The molecule has 0 saturated carbocycles. The molecule has 0 bridgehead atoms. The van der Waals surface area contributed by atoms with Crippen molar-refractivity contribution in [1.29, 1.82) is 0 Å². The van der Waals surface area contributed by atoms with Crippen LogP contribution in [0.15, 0.2) is 29.3 Å². The van der Waals surface area contributed by atoms with Crippen LogP contribution in [-0.2, 0) is 0 Å². The Hall–Kier alpha value is -1.71. The van der Waals surface area contributed by atoms with E-state index in [1.807, 2.05) is 24.1 Å². The first-order valence-corrected chi connectivity index (χ1v) is 4.50. The number of aliphatic imine (C=N–C) groups is 1. The molecular formula is C10H13N3O. The van der Waals surface area contributed by atoms with E-state index in [-0.39, 0.29) is 11.8 Å². The van der Waals surface area contributed by atoms with Gasteiger partial charge >= 0.3 is 0 Å². The number of phenolic OH excluding ortho intramolecular Hbond substituents is 1. The lowest BCUT2D eigenvalue weighted by molar-refractivity contribution is 0.410. The molecule has 0 aliphatic carbocycles. The summed E-state index contributed by atoms with van der Waals surface area (Å²) in [5, 5.41) is 9.34. The van der Waals surface area contributed by atoms with E-state index >= 15 is 0 Å². The van der Waals surface area contributed by atoms with E-state index in [1.54, 1.807) is 12.1 Å². The Morgan fingerprint density at radius 3 is 2.93 bits per heavy atom. The normalized spacial score (nSPS) is 21.1. The van der Waals surface area contributed by atoms with Gasteiger partial charge in [-0.3, -0.25) is 4.99 Å². The van der Waals surface area contributed by atoms with Crippen molar-refractivity contribution in [3.05, 3.63) is 29.8 Å². The summed E-state index contributed by atoms with van der Waals surface area (Å²) in [4.78, 5) is 6.05. The number of nitrogens with two attached hydrogens (primary N) is 1. The summed E-state index contributed by atoms with van der Waals surface area (Å²) in [5.74, 6) is 0.833. The van der Waals surface area contributed by atoms with Crippen LogP contribution in [0, 0.1) is 0 Å². The molecule has 4 nitrogen and oxygen atoms in total. The van der Waals surface area contributed by atoms with Crippen LogP contribution in [0.2, 0.25) is 0 Å². The third-order valence-corrected chi connectivity index (χ3v) is 2.51. The first-order valence-electron chi connectivity index (χ1n) is 4.50. The average molecular weight is 191 g/mol. The summed E-state index contributed by atoms with van der Waals surface area (Å²) in [6.07, 6.45) is 0. The molecule has 1 aliphatic heterocycles. The molecule has 1 aromatic rings. The number of rotatable bonds is 1. The van der Waals surface area contributed by atoms with E-state index in [1.165, 1.54) is 0 Å². The molecule has 1 atom stereocenters. The van der Waals surface area contributed by atoms with Crippen molar-refractivity contribution < 1.29 is 5.11 Å². The van der Waals surface area contributed by atoms with Crippen LogP contribution in [0.25, 0.3) is 0 Å². The fourth-order valence-electron chi connectivity index (χ4n) is 1.63. The number of aromatic hydroxyl groups is 1. The quantitative estimate of drug-likeness (QED) is 0.686. The molecule has 0 fully saturated rings. The second-order valence-electron chi connectivity index (χ2n) is 3.42. The molecule has 0 spiro atoms. The lowest BCUT2D eigenvalue weighted by Gasteiger charge is -2.21. The molecule has 0 aromatic heterocycles. The number of hydrogen-bond acceptors (Lipinski definition) is 4. The SMILES string of the molecule is CN1C(N)=NCC1c1cccc(O)c1. The zero-order valence-corrected chi connectivity index (χ0v) is 8.01. The van der Waals surface area contributed by atoms with Crippen LogP contribution >= 0.6 is 0 Å². The number of phenols is 1. The van der Waals surface area contributed by atoms with E-state index < -0.39 is 0 Å². The second-order valence-corrected chi connectivity index (χ2v) is 3.42. The van der Waals surface area contributed by atoms with Gasteiger partial charge in [-0.25, -0.2) is 0 Å². The Morgan fingerprint density at radius 2 is 2.36 bits per heavy atom. The van der Waals surface area contributed by atoms with Gasteiger partial charge in [0.15, 0.2) is 5.96 Å². The van der Waals surface area contributed by atoms with Crippen molar-refractivity contribution in [2.75, 3.05) is 13.6 Å². The summed E-state index contributed by atoms with van der Waals surface area (Å²) >= 11 is 0. The van der Waals surface area contributed by atoms with E-state index in [0.717, 1.165) is 5.56 Å². The molecule has 1 heterocycles. The van der Waals surface area contributed by atoms with Gasteiger partial charge in [0.25, 0.3) is 0 Å². The fourth-order valence-corrected chi connectivity index (χ4v) is 1.63. The molecular weight excluding hydrogens is 178 g/mol. The second kappa shape index (κ2) is 3.21. The predicted octanol–water partition coefficient (Wildman–Crippen LogP) is 0.693. The van der Waals surface area contributed by atoms with Gasteiger partial charge in [-0.15, -0.1) is 0 Å². The maximum atomic E-state index is 9.34. The molecule has 0 saturated heterocycles. The Morgan fingerprint density at radius 1 is 1.57 bits per heavy atom. The minimum absolute atomic E-state index is 0.155. The standard InChI is InChI=1S/C10H13N3O/c1-13-9(6-12-10(13)11)7-3-2-4-8(14)5-7/h2-5,9,14H,6H2,1H3,(H2,11,12). The van der Waals surface area contributed by atoms with Crippen LogP contribution in [-0.4, -0.2) is 29.6 Å². The minimum atomic E-state index is 0.155. The van der Waals surface area contributed by atoms with Gasteiger partial charge in [-0.2, -0.15) is 0 Å². The highest BCUT2D eigenvalue weighted by atomic mass is 16.3. The number of guanidine groups is 1. The lowest BCUT2D eigenvalue weighted by Crippen LogP contribution is -2.32. The molecule has 0 amide bonds. The molecule has 0 radical (unpaired) electrons. The largest absolute Gasteiger partial charge is 0.508 e. The molecule has 1 unspecified atom stereocenters. The van der Waals surface area contributed by atoms with Crippen LogP contribution < -0.4 is 5.73 Å². The summed E-state index contributed by atoms with van der Waals surface area (Å²) in [6, 6.07) is 7.35. The van der Waals surface area contributed by atoms with Gasteiger partial charge in [0.2, 0.25) is 0 Å². The van der Waals surface area contributed by atoms with Crippen molar-refractivity contribution in [2.45, 2.75) is 6.04 Å². The molecule has 14 heavy (non-hydrogen) atoms. The predicted molar refractivity (Wildman–Crippen MR) is 55.1 cm³/mol. The third-order valence-electron chi connectivity index (χ3n) is 2.51. The number of nitrogens with zero attached hydrogens (tertiary/aromatic N) is 2. The van der Waals surface area contributed by atoms with Crippen LogP contribution in [0.5, 0.6) is 5.75 Å². The van der Waals surface area contributed by atoms with Crippen LogP contribution in [0.3, 0.4) is 0 Å². The van der Waals surface area contributed by atoms with Gasteiger partial charge in [0.05, 0.1) is 12.6 Å². The maximum Gasteiger partial charge on any atom is 0.191 e. The molecule has 1 aliphatic rings.